The maximum Gasteiger partial charge on any atom is 0.216 e. The summed E-state index contributed by atoms with van der Waals surface area (Å²) < 4.78 is 0. The molecule has 0 aliphatic heterocycles. The zero-order valence-electron chi connectivity index (χ0n) is 9.21. The predicted molar refractivity (Wildman–Crippen MR) is 65.4 cm³/mol. The van der Waals surface area contributed by atoms with Crippen molar-refractivity contribution in [1.29, 1.82) is 0 Å². The maximum absolute atomic E-state index is 10.6. The fraction of sp³-hybridized carbons (Fsp3) is 0.250. The van der Waals surface area contributed by atoms with E-state index in [0.29, 0.717) is 24.3 Å². The molecule has 1 amide bonds. The van der Waals surface area contributed by atoms with Gasteiger partial charge in [-0.15, -0.1) is 0 Å². The number of amides is 1. The van der Waals surface area contributed by atoms with E-state index in [-0.39, 0.29) is 5.91 Å². The molecule has 0 unspecified atom stereocenters. The van der Waals surface area contributed by atoms with E-state index in [1.165, 1.54) is 6.92 Å². The van der Waals surface area contributed by atoms with Crippen molar-refractivity contribution in [3.8, 4) is 11.8 Å². The zero-order valence-corrected chi connectivity index (χ0v) is 9.21. The van der Waals surface area contributed by atoms with Crippen molar-refractivity contribution >= 4 is 17.3 Å². The van der Waals surface area contributed by atoms with Crippen LogP contribution >= 0.6 is 0 Å². The summed E-state index contributed by atoms with van der Waals surface area (Å²) in [6, 6.07) is 5.36. The van der Waals surface area contributed by atoms with Crippen LogP contribution in [0.2, 0.25) is 0 Å². The number of carbonyl (C=O) groups is 1. The maximum atomic E-state index is 10.6. The summed E-state index contributed by atoms with van der Waals surface area (Å²) in [4.78, 5) is 10.6. The van der Waals surface area contributed by atoms with Crippen LogP contribution in [0.1, 0.15) is 18.9 Å². The lowest BCUT2D eigenvalue weighted by molar-refractivity contribution is -0.118. The van der Waals surface area contributed by atoms with E-state index in [4.69, 9.17) is 11.5 Å². The van der Waals surface area contributed by atoms with E-state index in [9.17, 15) is 4.79 Å². The molecule has 84 valence electrons. The number of para-hydroxylation sites is 1. The van der Waals surface area contributed by atoms with Crippen LogP contribution in [0.15, 0.2) is 18.2 Å². The van der Waals surface area contributed by atoms with Gasteiger partial charge >= 0.3 is 0 Å². The van der Waals surface area contributed by atoms with Crippen molar-refractivity contribution < 1.29 is 4.79 Å². The normalized spacial score (nSPS) is 9.06. The molecule has 0 aliphatic carbocycles. The Bertz CT molecular complexity index is 443. The molecule has 0 fully saturated rings. The van der Waals surface area contributed by atoms with Crippen molar-refractivity contribution in [1.82, 2.24) is 5.32 Å². The molecule has 0 saturated carbocycles. The summed E-state index contributed by atoms with van der Waals surface area (Å²) >= 11 is 0. The highest BCUT2D eigenvalue weighted by atomic mass is 16.1. The Morgan fingerprint density at radius 3 is 2.88 bits per heavy atom. The lowest BCUT2D eigenvalue weighted by Crippen LogP contribution is -2.20. The van der Waals surface area contributed by atoms with Crippen LogP contribution in [-0.4, -0.2) is 12.5 Å². The fourth-order valence-electron chi connectivity index (χ4n) is 1.15. The van der Waals surface area contributed by atoms with E-state index >= 15 is 0 Å². The summed E-state index contributed by atoms with van der Waals surface area (Å²) in [5.74, 6) is 5.80. The molecule has 1 rings (SSSR count). The van der Waals surface area contributed by atoms with Crippen LogP contribution in [0.4, 0.5) is 11.4 Å². The number of nitrogens with two attached hydrogens (primary N) is 2. The Balaban J connectivity index is 2.56. The van der Waals surface area contributed by atoms with Crippen LogP contribution in [0.25, 0.3) is 0 Å². The Morgan fingerprint density at radius 1 is 1.44 bits per heavy atom. The van der Waals surface area contributed by atoms with Crippen LogP contribution in [0.5, 0.6) is 0 Å². The Hall–Kier alpha value is -2.15. The third kappa shape index (κ3) is 3.54. The number of rotatable bonds is 2. The van der Waals surface area contributed by atoms with Gasteiger partial charge < -0.3 is 16.8 Å². The summed E-state index contributed by atoms with van der Waals surface area (Å²) in [5.41, 5.74) is 13.2. The summed E-state index contributed by atoms with van der Waals surface area (Å²) in [5, 5.41) is 2.66. The number of nitrogens with one attached hydrogen (secondary N) is 1. The minimum Gasteiger partial charge on any atom is -0.397 e. The molecular weight excluding hydrogens is 202 g/mol. The Morgan fingerprint density at radius 2 is 2.19 bits per heavy atom. The highest BCUT2D eigenvalue weighted by Gasteiger charge is 1.97. The van der Waals surface area contributed by atoms with Crippen LogP contribution in [-0.2, 0) is 4.79 Å². The lowest BCUT2D eigenvalue weighted by atomic mass is 10.1. The molecular formula is C12H15N3O. The minimum atomic E-state index is -0.0507. The summed E-state index contributed by atoms with van der Waals surface area (Å²) in [6.45, 7) is 2.02. The van der Waals surface area contributed by atoms with Gasteiger partial charge in [0.05, 0.1) is 11.4 Å². The molecule has 0 radical (unpaired) electrons. The third-order valence-electron chi connectivity index (χ3n) is 1.99. The molecule has 5 N–H and O–H groups in total. The van der Waals surface area contributed by atoms with Crippen LogP contribution in [0, 0.1) is 11.8 Å². The highest BCUT2D eigenvalue weighted by molar-refractivity contribution is 5.73. The summed E-state index contributed by atoms with van der Waals surface area (Å²) in [7, 11) is 0. The van der Waals surface area contributed by atoms with E-state index in [1.807, 2.05) is 12.1 Å². The highest BCUT2D eigenvalue weighted by Crippen LogP contribution is 2.17. The van der Waals surface area contributed by atoms with Gasteiger partial charge in [-0.05, 0) is 12.1 Å². The first-order chi connectivity index (χ1) is 7.61. The molecule has 0 saturated heterocycles. The van der Waals surface area contributed by atoms with Gasteiger partial charge in [0.15, 0.2) is 0 Å². The monoisotopic (exact) mass is 217 g/mol. The lowest BCUT2D eigenvalue weighted by Gasteiger charge is -2.01. The van der Waals surface area contributed by atoms with Gasteiger partial charge in [-0.2, -0.15) is 0 Å². The van der Waals surface area contributed by atoms with E-state index in [1.54, 1.807) is 6.07 Å². The van der Waals surface area contributed by atoms with Crippen molar-refractivity contribution in [3.05, 3.63) is 23.8 Å². The SMILES string of the molecule is CC(=O)NCCC#Cc1cccc(N)c1N. The number of hydrogen-bond acceptors (Lipinski definition) is 3. The molecule has 0 aliphatic rings. The van der Waals surface area contributed by atoms with Gasteiger partial charge in [0.25, 0.3) is 0 Å². The van der Waals surface area contributed by atoms with Gasteiger partial charge in [0.2, 0.25) is 5.91 Å². The number of anilines is 2. The average molecular weight is 217 g/mol. The number of nitrogen functional groups attached to an aromatic ring is 2. The topological polar surface area (TPSA) is 81.1 Å². The number of benzene rings is 1. The molecule has 4 nitrogen and oxygen atoms in total. The standard InChI is InChI=1S/C12H15N3O/c1-9(16)15-8-3-2-5-10-6-4-7-11(13)12(10)14/h4,6-7H,3,8,13-14H2,1H3,(H,15,16). The van der Waals surface area contributed by atoms with Crippen LogP contribution < -0.4 is 16.8 Å². The third-order valence-corrected chi connectivity index (χ3v) is 1.99. The molecule has 1 aromatic rings. The average Bonchev–Trinajstić information content (AvgIpc) is 2.23. The fourth-order valence-corrected chi connectivity index (χ4v) is 1.15. The Labute approximate surface area is 95.0 Å². The van der Waals surface area contributed by atoms with E-state index < -0.39 is 0 Å². The molecule has 0 aromatic heterocycles. The largest absolute Gasteiger partial charge is 0.397 e. The van der Waals surface area contributed by atoms with E-state index in [2.05, 4.69) is 17.2 Å². The molecule has 0 spiro atoms. The second-order valence-electron chi connectivity index (χ2n) is 3.34. The van der Waals surface area contributed by atoms with Crippen molar-refractivity contribution in [3.63, 3.8) is 0 Å². The van der Waals surface area contributed by atoms with Crippen molar-refractivity contribution in [2.24, 2.45) is 0 Å². The van der Waals surface area contributed by atoms with Crippen molar-refractivity contribution in [2.75, 3.05) is 18.0 Å². The van der Waals surface area contributed by atoms with Gasteiger partial charge in [-0.1, -0.05) is 17.9 Å². The molecule has 0 heterocycles. The first-order valence-electron chi connectivity index (χ1n) is 4.98. The minimum absolute atomic E-state index is 0.0507. The quantitative estimate of drug-likeness (QED) is 0.388. The molecule has 1 aromatic carbocycles. The number of hydrogen-bond donors (Lipinski definition) is 3. The first kappa shape index (κ1) is 11.9. The van der Waals surface area contributed by atoms with E-state index in [0.717, 1.165) is 5.56 Å². The molecule has 4 heteroatoms. The second-order valence-corrected chi connectivity index (χ2v) is 3.34. The molecule has 0 atom stereocenters. The van der Waals surface area contributed by atoms with Gasteiger partial charge in [-0.25, -0.2) is 0 Å². The van der Waals surface area contributed by atoms with Crippen molar-refractivity contribution in [2.45, 2.75) is 13.3 Å². The first-order valence-corrected chi connectivity index (χ1v) is 4.98. The zero-order chi connectivity index (χ0) is 12.0. The van der Waals surface area contributed by atoms with Gasteiger partial charge in [-0.3, -0.25) is 4.79 Å². The second kappa shape index (κ2) is 5.66. The smallest absolute Gasteiger partial charge is 0.216 e. The molecule has 16 heavy (non-hydrogen) atoms. The summed E-state index contributed by atoms with van der Waals surface area (Å²) in [6.07, 6.45) is 0.591. The van der Waals surface area contributed by atoms with Crippen LogP contribution in [0.3, 0.4) is 0 Å². The van der Waals surface area contributed by atoms with Gasteiger partial charge in [0, 0.05) is 25.5 Å². The number of carbonyl (C=O) groups excluding carboxylic acids is 1. The predicted octanol–water partition coefficient (Wildman–Crippen LogP) is 0.729. The Kier molecular flexibility index (Phi) is 4.22. The van der Waals surface area contributed by atoms with Gasteiger partial charge in [0.1, 0.15) is 0 Å². The molecule has 0 bridgehead atoms.